The van der Waals surface area contributed by atoms with E-state index in [4.69, 9.17) is 0 Å². The number of nitrogens with one attached hydrogen (secondary N) is 2. The molecule has 3 aromatic rings. The van der Waals surface area contributed by atoms with Gasteiger partial charge in [0, 0.05) is 16.6 Å². The summed E-state index contributed by atoms with van der Waals surface area (Å²) < 4.78 is 41.5. The fraction of sp³-hybridized carbons (Fsp3) is 0.263. The first-order chi connectivity index (χ1) is 12.0. The van der Waals surface area contributed by atoms with Gasteiger partial charge in [-0.3, -0.25) is 4.72 Å². The topological polar surface area (TPSA) is 62.0 Å². The molecule has 4 rings (SSSR count). The van der Waals surface area contributed by atoms with E-state index in [0.717, 1.165) is 36.6 Å². The molecule has 130 valence electrons. The average molecular weight is 358 g/mol. The maximum Gasteiger partial charge on any atom is 0.262 e. The fourth-order valence-electron chi connectivity index (χ4n) is 3.48. The molecule has 6 heteroatoms. The molecule has 2 aromatic carbocycles. The second-order valence-electron chi connectivity index (χ2n) is 6.44. The van der Waals surface area contributed by atoms with Crippen molar-refractivity contribution in [3.63, 3.8) is 0 Å². The van der Waals surface area contributed by atoms with Gasteiger partial charge in [-0.15, -0.1) is 0 Å². The van der Waals surface area contributed by atoms with E-state index in [1.54, 1.807) is 24.3 Å². The van der Waals surface area contributed by atoms with Crippen LogP contribution in [0.4, 0.5) is 10.1 Å². The molecule has 0 saturated heterocycles. The van der Waals surface area contributed by atoms with Crippen molar-refractivity contribution in [2.75, 3.05) is 4.72 Å². The number of aromatic nitrogens is 1. The predicted molar refractivity (Wildman–Crippen MR) is 96.8 cm³/mol. The lowest BCUT2D eigenvalue weighted by Gasteiger charge is -2.09. The zero-order valence-electron chi connectivity index (χ0n) is 13.7. The lowest BCUT2D eigenvalue weighted by molar-refractivity contribution is 0.598. The highest BCUT2D eigenvalue weighted by atomic mass is 32.2. The minimum absolute atomic E-state index is 0.0458. The van der Waals surface area contributed by atoms with Gasteiger partial charge in [-0.25, -0.2) is 12.8 Å². The van der Waals surface area contributed by atoms with Gasteiger partial charge in [0.25, 0.3) is 10.0 Å². The van der Waals surface area contributed by atoms with Crippen LogP contribution in [-0.4, -0.2) is 13.4 Å². The van der Waals surface area contributed by atoms with E-state index in [1.807, 2.05) is 0 Å². The highest BCUT2D eigenvalue weighted by Gasteiger charge is 2.20. The monoisotopic (exact) mass is 358 g/mol. The summed E-state index contributed by atoms with van der Waals surface area (Å²) in [5.41, 5.74) is 3.34. The molecule has 1 heterocycles. The summed E-state index contributed by atoms with van der Waals surface area (Å²) in [4.78, 5) is 3.57. The molecule has 0 fully saturated rings. The highest BCUT2D eigenvalue weighted by molar-refractivity contribution is 7.92. The Balaban J connectivity index is 1.76. The minimum atomic E-state index is -3.84. The number of rotatable bonds is 3. The average Bonchev–Trinajstić information content (AvgIpc) is 2.77. The maximum absolute atomic E-state index is 13.8. The predicted octanol–water partition coefficient (Wildman–Crippen LogP) is 4.38. The Morgan fingerprint density at radius 2 is 1.80 bits per heavy atom. The number of benzene rings is 2. The van der Waals surface area contributed by atoms with Gasteiger partial charge in [-0.2, -0.15) is 0 Å². The van der Waals surface area contributed by atoms with Gasteiger partial charge in [-0.1, -0.05) is 18.6 Å². The second-order valence-corrected chi connectivity index (χ2v) is 8.12. The van der Waals surface area contributed by atoms with Gasteiger partial charge in [0.15, 0.2) is 0 Å². The van der Waals surface area contributed by atoms with E-state index in [1.165, 1.54) is 35.9 Å². The van der Waals surface area contributed by atoms with Crippen molar-refractivity contribution in [1.82, 2.24) is 4.98 Å². The van der Waals surface area contributed by atoms with Crippen LogP contribution in [0.1, 0.15) is 30.5 Å². The Morgan fingerprint density at radius 3 is 2.64 bits per heavy atom. The van der Waals surface area contributed by atoms with Crippen molar-refractivity contribution in [1.29, 1.82) is 0 Å². The minimum Gasteiger partial charge on any atom is -0.358 e. The Labute approximate surface area is 146 Å². The first-order valence-corrected chi connectivity index (χ1v) is 9.94. The summed E-state index contributed by atoms with van der Waals surface area (Å²) in [5.74, 6) is -0.595. The lowest BCUT2D eigenvalue weighted by Crippen LogP contribution is -2.13. The van der Waals surface area contributed by atoms with E-state index in [2.05, 4.69) is 9.71 Å². The molecule has 4 nitrogen and oxygen atoms in total. The van der Waals surface area contributed by atoms with Crippen molar-refractivity contribution in [2.45, 2.75) is 37.0 Å². The van der Waals surface area contributed by atoms with Crippen LogP contribution in [0, 0.1) is 5.82 Å². The van der Waals surface area contributed by atoms with Crippen LogP contribution in [0.25, 0.3) is 10.9 Å². The Bertz CT molecular complexity index is 1040. The molecule has 0 radical (unpaired) electrons. The molecule has 0 amide bonds. The molecule has 1 aliphatic carbocycles. The summed E-state index contributed by atoms with van der Waals surface area (Å²) in [6, 6.07) is 10.8. The van der Waals surface area contributed by atoms with Crippen molar-refractivity contribution in [3.05, 3.63) is 59.5 Å². The standard InChI is InChI=1S/C19H19FN2O2S/c20-16-7-4-5-9-19(16)22-25(23,24)13-10-11-18-15(12-13)14-6-2-1-3-8-17(14)21-18/h4-5,7,9-12,21-22H,1-3,6,8H2. The van der Waals surface area contributed by atoms with Gasteiger partial charge in [0.1, 0.15) is 5.82 Å². The number of halogens is 1. The fourth-order valence-corrected chi connectivity index (χ4v) is 4.57. The van der Waals surface area contributed by atoms with Crippen LogP contribution in [0.5, 0.6) is 0 Å². The number of sulfonamides is 1. The van der Waals surface area contributed by atoms with Crippen LogP contribution in [0.15, 0.2) is 47.4 Å². The number of hydrogen-bond donors (Lipinski definition) is 2. The molecular formula is C19H19FN2O2S. The van der Waals surface area contributed by atoms with Gasteiger partial charge in [-0.05, 0) is 61.6 Å². The summed E-state index contributed by atoms with van der Waals surface area (Å²) in [5, 5.41) is 0.952. The highest BCUT2D eigenvalue weighted by Crippen LogP contribution is 2.30. The zero-order chi connectivity index (χ0) is 17.4. The summed E-state index contributed by atoms with van der Waals surface area (Å²) in [6.45, 7) is 0. The smallest absolute Gasteiger partial charge is 0.262 e. The van der Waals surface area contributed by atoms with Gasteiger partial charge in [0.05, 0.1) is 10.6 Å². The molecular weight excluding hydrogens is 339 g/mol. The van der Waals surface area contributed by atoms with Crippen LogP contribution in [-0.2, 0) is 22.9 Å². The Kier molecular flexibility index (Phi) is 4.00. The third kappa shape index (κ3) is 3.02. The lowest BCUT2D eigenvalue weighted by atomic mass is 10.1. The molecule has 0 aliphatic heterocycles. The first-order valence-electron chi connectivity index (χ1n) is 8.45. The number of hydrogen-bond acceptors (Lipinski definition) is 2. The number of aromatic amines is 1. The third-order valence-corrected chi connectivity index (χ3v) is 6.11. The van der Waals surface area contributed by atoms with E-state index in [-0.39, 0.29) is 10.6 Å². The van der Waals surface area contributed by atoms with Crippen LogP contribution < -0.4 is 4.72 Å². The van der Waals surface area contributed by atoms with E-state index in [9.17, 15) is 12.8 Å². The Morgan fingerprint density at radius 1 is 1.00 bits per heavy atom. The van der Waals surface area contributed by atoms with Crippen molar-refractivity contribution in [3.8, 4) is 0 Å². The molecule has 0 unspecified atom stereocenters. The maximum atomic E-state index is 13.8. The number of para-hydroxylation sites is 1. The molecule has 25 heavy (non-hydrogen) atoms. The Hall–Kier alpha value is -2.34. The van der Waals surface area contributed by atoms with Crippen molar-refractivity contribution in [2.24, 2.45) is 0 Å². The SMILES string of the molecule is O=S(=O)(Nc1ccccc1F)c1ccc2[nH]c3c(c2c1)CCCCC3. The van der Waals surface area contributed by atoms with Crippen LogP contribution in [0.2, 0.25) is 0 Å². The third-order valence-electron chi connectivity index (χ3n) is 4.75. The second kappa shape index (κ2) is 6.19. The molecule has 1 aromatic heterocycles. The number of fused-ring (bicyclic) bond motifs is 3. The molecule has 2 N–H and O–H groups in total. The zero-order valence-corrected chi connectivity index (χ0v) is 14.5. The van der Waals surface area contributed by atoms with Crippen molar-refractivity contribution < 1.29 is 12.8 Å². The van der Waals surface area contributed by atoms with Gasteiger partial charge < -0.3 is 4.98 Å². The molecule has 1 aliphatic rings. The van der Waals surface area contributed by atoms with E-state index in [0.29, 0.717) is 0 Å². The van der Waals surface area contributed by atoms with E-state index < -0.39 is 15.8 Å². The van der Waals surface area contributed by atoms with Crippen molar-refractivity contribution >= 4 is 26.6 Å². The van der Waals surface area contributed by atoms with Gasteiger partial charge in [0.2, 0.25) is 0 Å². The first kappa shape index (κ1) is 16.1. The number of H-pyrrole nitrogens is 1. The quantitative estimate of drug-likeness (QED) is 0.683. The molecule has 0 saturated carbocycles. The van der Waals surface area contributed by atoms with Gasteiger partial charge >= 0.3 is 0 Å². The van der Waals surface area contributed by atoms with E-state index >= 15 is 0 Å². The normalized spacial score (nSPS) is 14.9. The molecule has 0 atom stereocenters. The summed E-state index contributed by atoms with van der Waals surface area (Å²) in [6.07, 6.45) is 5.42. The number of anilines is 1. The number of aryl methyl sites for hydroxylation is 2. The largest absolute Gasteiger partial charge is 0.358 e. The summed E-state index contributed by atoms with van der Waals surface area (Å²) in [7, 11) is -3.84. The van der Waals surface area contributed by atoms with Crippen LogP contribution in [0.3, 0.4) is 0 Å². The summed E-state index contributed by atoms with van der Waals surface area (Å²) >= 11 is 0. The van der Waals surface area contributed by atoms with Crippen LogP contribution >= 0.6 is 0 Å². The molecule has 0 spiro atoms. The molecule has 0 bridgehead atoms.